The molecule has 1 aromatic carbocycles. The normalized spacial score (nSPS) is 30.9. The van der Waals surface area contributed by atoms with Crippen LogP contribution in [0.25, 0.3) is 0 Å². The third-order valence-corrected chi connectivity index (χ3v) is 6.96. The first kappa shape index (κ1) is 23.0. The molecular formula is C24H35N3O5. The molecule has 3 aliphatic rings. The highest BCUT2D eigenvalue weighted by molar-refractivity contribution is 5.86. The third kappa shape index (κ3) is 5.08. The predicted octanol–water partition coefficient (Wildman–Crippen LogP) is 2.92. The number of carbonyl (C=O) groups is 1. The average molecular weight is 446 g/mol. The Balaban J connectivity index is 1.40. The summed E-state index contributed by atoms with van der Waals surface area (Å²) in [5.74, 6) is -0.119. The van der Waals surface area contributed by atoms with E-state index in [9.17, 15) is 4.79 Å². The van der Waals surface area contributed by atoms with Crippen molar-refractivity contribution in [2.45, 2.75) is 51.1 Å². The maximum Gasteiger partial charge on any atom is 0.410 e. The van der Waals surface area contributed by atoms with Crippen molar-refractivity contribution < 1.29 is 23.8 Å². The van der Waals surface area contributed by atoms with Crippen molar-refractivity contribution in [3.63, 3.8) is 0 Å². The number of hydrogen-bond acceptors (Lipinski definition) is 7. The molecule has 2 heterocycles. The van der Waals surface area contributed by atoms with Gasteiger partial charge in [-0.05, 0) is 31.9 Å². The van der Waals surface area contributed by atoms with E-state index in [1.807, 2.05) is 37.3 Å². The molecule has 0 aromatic heterocycles. The Morgan fingerprint density at radius 1 is 1.22 bits per heavy atom. The van der Waals surface area contributed by atoms with Gasteiger partial charge in [-0.2, -0.15) is 0 Å². The van der Waals surface area contributed by atoms with Crippen molar-refractivity contribution in [1.82, 2.24) is 9.80 Å². The fourth-order valence-electron chi connectivity index (χ4n) is 4.96. The summed E-state index contributed by atoms with van der Waals surface area (Å²) in [4.78, 5) is 22.6. The van der Waals surface area contributed by atoms with Gasteiger partial charge in [-0.15, -0.1) is 0 Å². The standard InChI is InChI=1S/C24H35N3O5/c1-4-26-12-14-27(15-13-26)23(28)32-20-10-11-24(17-30-24)21(22(20)29-3)18(2)25-31-16-19-8-6-5-7-9-19/h5-9,20-22H,4,10-17H2,1-3H3/b25-18+/t20-,21?,22-,24+/m1/s1. The van der Waals surface area contributed by atoms with Crippen molar-refractivity contribution in [2.24, 2.45) is 11.1 Å². The van der Waals surface area contributed by atoms with Gasteiger partial charge in [0.15, 0.2) is 0 Å². The molecule has 1 unspecified atom stereocenters. The Morgan fingerprint density at radius 2 is 1.94 bits per heavy atom. The molecular weight excluding hydrogens is 410 g/mol. The lowest BCUT2D eigenvalue weighted by Gasteiger charge is -2.41. The van der Waals surface area contributed by atoms with E-state index in [2.05, 4.69) is 17.0 Å². The van der Waals surface area contributed by atoms with Gasteiger partial charge in [0.25, 0.3) is 0 Å². The van der Waals surface area contributed by atoms with Crippen molar-refractivity contribution >= 4 is 11.8 Å². The predicted molar refractivity (Wildman–Crippen MR) is 121 cm³/mol. The molecule has 1 amide bonds. The van der Waals surface area contributed by atoms with E-state index in [1.165, 1.54) is 0 Å². The lowest BCUT2D eigenvalue weighted by molar-refractivity contribution is -0.0885. The van der Waals surface area contributed by atoms with Crippen LogP contribution >= 0.6 is 0 Å². The quantitative estimate of drug-likeness (QED) is 0.365. The Hall–Kier alpha value is -2.16. The molecule has 4 rings (SSSR count). The molecule has 32 heavy (non-hydrogen) atoms. The Morgan fingerprint density at radius 3 is 2.56 bits per heavy atom. The van der Waals surface area contributed by atoms with Crippen LogP contribution in [0.2, 0.25) is 0 Å². The minimum atomic E-state index is -0.337. The van der Waals surface area contributed by atoms with Crippen molar-refractivity contribution in [3.05, 3.63) is 35.9 Å². The SMILES string of the molecule is CCN1CCN(C(=O)O[C@@H]2CC[C@]3(CO3)C(/C(C)=N/OCc3ccccc3)[C@@H]2OC)CC1. The van der Waals surface area contributed by atoms with Crippen LogP contribution in [-0.2, 0) is 25.7 Å². The summed E-state index contributed by atoms with van der Waals surface area (Å²) >= 11 is 0. The molecule has 2 aliphatic heterocycles. The number of amides is 1. The number of benzene rings is 1. The molecule has 0 N–H and O–H groups in total. The van der Waals surface area contributed by atoms with Crippen molar-refractivity contribution in [1.29, 1.82) is 0 Å². The lowest BCUT2D eigenvalue weighted by Crippen LogP contribution is -2.55. The first-order valence-electron chi connectivity index (χ1n) is 11.6. The largest absolute Gasteiger partial charge is 0.443 e. The molecule has 3 fully saturated rings. The third-order valence-electron chi connectivity index (χ3n) is 6.96. The summed E-state index contributed by atoms with van der Waals surface area (Å²) < 4.78 is 17.7. The van der Waals surface area contributed by atoms with Gasteiger partial charge < -0.3 is 28.8 Å². The highest BCUT2D eigenvalue weighted by Gasteiger charge is 2.60. The van der Waals surface area contributed by atoms with Crippen LogP contribution in [0.4, 0.5) is 4.79 Å². The second kappa shape index (κ2) is 10.2. The first-order chi connectivity index (χ1) is 15.6. The van der Waals surface area contributed by atoms with Crippen LogP contribution in [0, 0.1) is 5.92 Å². The minimum absolute atomic E-state index is 0.119. The van der Waals surface area contributed by atoms with Gasteiger partial charge in [-0.25, -0.2) is 4.79 Å². The number of hydrogen-bond donors (Lipinski definition) is 0. The smallest absolute Gasteiger partial charge is 0.410 e. The number of methoxy groups -OCH3 is 1. The molecule has 1 aliphatic carbocycles. The van der Waals surface area contributed by atoms with Gasteiger partial charge in [0.05, 0.1) is 18.2 Å². The van der Waals surface area contributed by atoms with Crippen LogP contribution < -0.4 is 0 Å². The van der Waals surface area contributed by atoms with Crippen molar-refractivity contribution in [3.8, 4) is 0 Å². The molecule has 0 radical (unpaired) electrons. The molecule has 8 nitrogen and oxygen atoms in total. The zero-order valence-electron chi connectivity index (χ0n) is 19.4. The summed E-state index contributed by atoms with van der Waals surface area (Å²) in [6.07, 6.45) is 0.611. The molecule has 176 valence electrons. The highest BCUT2D eigenvalue weighted by atomic mass is 16.6. The molecule has 1 saturated carbocycles. The van der Waals surface area contributed by atoms with Crippen LogP contribution in [0.3, 0.4) is 0 Å². The van der Waals surface area contributed by atoms with Crippen LogP contribution in [0.1, 0.15) is 32.3 Å². The fraction of sp³-hybridized carbons (Fsp3) is 0.667. The fourth-order valence-corrected chi connectivity index (χ4v) is 4.96. The lowest BCUT2D eigenvalue weighted by atomic mass is 9.73. The molecule has 4 atom stereocenters. The zero-order chi connectivity index (χ0) is 22.6. The van der Waals surface area contributed by atoms with E-state index < -0.39 is 0 Å². The maximum atomic E-state index is 12.8. The summed E-state index contributed by atoms with van der Waals surface area (Å²) in [7, 11) is 1.66. The number of carbonyl (C=O) groups excluding carboxylic acids is 1. The van der Waals surface area contributed by atoms with Crippen LogP contribution in [-0.4, -0.2) is 85.9 Å². The molecule has 8 heteroatoms. The second-order valence-corrected chi connectivity index (χ2v) is 8.91. The average Bonchev–Trinajstić information content (AvgIpc) is 3.60. The summed E-state index contributed by atoms with van der Waals surface area (Å²) in [5.41, 5.74) is 1.57. The van der Waals surface area contributed by atoms with E-state index in [1.54, 1.807) is 12.0 Å². The van der Waals surface area contributed by atoms with Gasteiger partial charge in [-0.1, -0.05) is 42.4 Å². The number of nitrogens with zero attached hydrogens (tertiary/aromatic N) is 3. The molecule has 2 saturated heterocycles. The minimum Gasteiger partial charge on any atom is -0.443 e. The first-order valence-corrected chi connectivity index (χ1v) is 11.6. The summed E-state index contributed by atoms with van der Waals surface area (Å²) in [6.45, 7) is 9.32. The Bertz CT molecular complexity index is 790. The topological polar surface area (TPSA) is 76.1 Å². The number of rotatable bonds is 7. The highest BCUT2D eigenvalue weighted by Crippen LogP contribution is 2.48. The number of oxime groups is 1. The van der Waals surface area contributed by atoms with Gasteiger partial charge in [0.1, 0.15) is 24.4 Å². The zero-order valence-corrected chi connectivity index (χ0v) is 19.4. The number of likely N-dealkylation sites (N-methyl/N-ethyl adjacent to an activating group) is 1. The van der Waals surface area contributed by atoms with Gasteiger partial charge >= 0.3 is 6.09 Å². The van der Waals surface area contributed by atoms with E-state index in [0.29, 0.717) is 32.7 Å². The Labute approximate surface area is 190 Å². The molecule has 1 spiro atoms. The van der Waals surface area contributed by atoms with E-state index in [-0.39, 0.29) is 29.8 Å². The van der Waals surface area contributed by atoms with Crippen molar-refractivity contribution in [2.75, 3.05) is 46.4 Å². The van der Waals surface area contributed by atoms with Gasteiger partial charge in [0, 0.05) is 33.3 Å². The van der Waals surface area contributed by atoms with E-state index in [4.69, 9.17) is 19.0 Å². The molecule has 1 aromatic rings. The van der Waals surface area contributed by atoms with Gasteiger partial charge in [0.2, 0.25) is 0 Å². The van der Waals surface area contributed by atoms with Gasteiger partial charge in [-0.3, -0.25) is 0 Å². The van der Waals surface area contributed by atoms with E-state index >= 15 is 0 Å². The van der Waals surface area contributed by atoms with Crippen LogP contribution in [0.15, 0.2) is 35.5 Å². The van der Waals surface area contributed by atoms with E-state index in [0.717, 1.165) is 37.3 Å². The van der Waals surface area contributed by atoms with Crippen LogP contribution in [0.5, 0.6) is 0 Å². The number of epoxide rings is 1. The maximum absolute atomic E-state index is 12.8. The number of piperazine rings is 1. The summed E-state index contributed by atoms with van der Waals surface area (Å²) in [5, 5.41) is 4.40. The number of ether oxygens (including phenoxy) is 3. The monoisotopic (exact) mass is 445 g/mol. The summed E-state index contributed by atoms with van der Waals surface area (Å²) in [6, 6.07) is 9.94. The Kier molecular flexibility index (Phi) is 7.33. The second-order valence-electron chi connectivity index (χ2n) is 8.91. The molecule has 0 bridgehead atoms.